The Morgan fingerprint density at radius 3 is 3.05 bits per heavy atom. The third kappa shape index (κ3) is 2.98. The number of benzene rings is 1. The smallest absolute Gasteiger partial charge is 0.227 e. The Morgan fingerprint density at radius 1 is 1.45 bits per heavy atom. The molecule has 5 nitrogen and oxygen atoms in total. The van der Waals surface area contributed by atoms with E-state index in [1.54, 1.807) is 7.11 Å². The van der Waals surface area contributed by atoms with Crippen LogP contribution in [0.1, 0.15) is 35.9 Å². The van der Waals surface area contributed by atoms with E-state index in [4.69, 9.17) is 9.26 Å². The van der Waals surface area contributed by atoms with Crippen molar-refractivity contribution >= 4 is 5.91 Å². The van der Waals surface area contributed by atoms with Crippen molar-refractivity contribution in [3.63, 3.8) is 0 Å². The molecule has 0 N–H and O–H groups in total. The van der Waals surface area contributed by atoms with E-state index >= 15 is 0 Å². The second-order valence-corrected chi connectivity index (χ2v) is 5.64. The summed E-state index contributed by atoms with van der Waals surface area (Å²) in [6.45, 7) is 2.65. The minimum atomic E-state index is 0.0376. The fraction of sp³-hybridized carbons (Fsp3) is 0.412. The minimum Gasteiger partial charge on any atom is -0.497 e. The predicted molar refractivity (Wildman–Crippen MR) is 81.6 cm³/mol. The zero-order valence-electron chi connectivity index (χ0n) is 12.9. The number of aromatic nitrogens is 1. The molecule has 0 bridgehead atoms. The number of aryl methyl sites for hydroxylation is 1. The number of likely N-dealkylation sites (tertiary alicyclic amines) is 1. The Morgan fingerprint density at radius 2 is 2.32 bits per heavy atom. The third-order valence-corrected chi connectivity index (χ3v) is 4.05. The largest absolute Gasteiger partial charge is 0.497 e. The molecule has 1 saturated heterocycles. The summed E-state index contributed by atoms with van der Waals surface area (Å²) >= 11 is 0. The zero-order valence-corrected chi connectivity index (χ0v) is 12.9. The lowest BCUT2D eigenvalue weighted by molar-refractivity contribution is -0.131. The van der Waals surface area contributed by atoms with Crippen molar-refractivity contribution < 1.29 is 14.1 Å². The van der Waals surface area contributed by atoms with Crippen molar-refractivity contribution in [2.75, 3.05) is 13.7 Å². The number of hydrogen-bond acceptors (Lipinski definition) is 4. The standard InChI is InChI=1S/C17H20N2O3/c1-12-9-15(18-22-12)16-7-4-8-19(16)17(20)11-13-5-3-6-14(10-13)21-2/h3,5-6,9-10,16H,4,7-8,11H2,1-2H3/t16-/m1/s1. The van der Waals surface area contributed by atoms with Gasteiger partial charge < -0.3 is 14.2 Å². The van der Waals surface area contributed by atoms with Crippen LogP contribution in [-0.4, -0.2) is 29.6 Å². The lowest BCUT2D eigenvalue weighted by Gasteiger charge is -2.23. The first-order valence-electron chi connectivity index (χ1n) is 7.53. The van der Waals surface area contributed by atoms with E-state index < -0.39 is 0 Å². The summed E-state index contributed by atoms with van der Waals surface area (Å²) in [6, 6.07) is 9.60. The fourth-order valence-corrected chi connectivity index (χ4v) is 2.97. The average molecular weight is 300 g/mol. The highest BCUT2D eigenvalue weighted by molar-refractivity contribution is 5.79. The van der Waals surface area contributed by atoms with Crippen LogP contribution in [0, 0.1) is 6.92 Å². The number of carbonyl (C=O) groups excluding carboxylic acids is 1. The Balaban J connectivity index is 1.73. The highest BCUT2D eigenvalue weighted by Gasteiger charge is 2.31. The van der Waals surface area contributed by atoms with Crippen LogP contribution in [0.25, 0.3) is 0 Å². The van der Waals surface area contributed by atoms with E-state index in [-0.39, 0.29) is 11.9 Å². The quantitative estimate of drug-likeness (QED) is 0.871. The van der Waals surface area contributed by atoms with Crippen LogP contribution >= 0.6 is 0 Å². The third-order valence-electron chi connectivity index (χ3n) is 4.05. The maximum atomic E-state index is 12.6. The second kappa shape index (κ2) is 6.22. The van der Waals surface area contributed by atoms with Gasteiger partial charge in [-0.05, 0) is 37.5 Å². The Hall–Kier alpha value is -2.30. The highest BCUT2D eigenvalue weighted by atomic mass is 16.5. The first-order valence-corrected chi connectivity index (χ1v) is 7.53. The molecule has 1 aliphatic heterocycles. The van der Waals surface area contributed by atoms with E-state index in [2.05, 4.69) is 5.16 Å². The Labute approximate surface area is 129 Å². The second-order valence-electron chi connectivity index (χ2n) is 5.64. The van der Waals surface area contributed by atoms with Crippen LogP contribution in [0.15, 0.2) is 34.9 Å². The number of methoxy groups -OCH3 is 1. The van der Waals surface area contributed by atoms with Gasteiger partial charge in [-0.25, -0.2) is 0 Å². The maximum Gasteiger partial charge on any atom is 0.227 e. The van der Waals surface area contributed by atoms with Gasteiger partial charge in [0.05, 0.1) is 19.6 Å². The zero-order chi connectivity index (χ0) is 15.5. The summed E-state index contributed by atoms with van der Waals surface area (Å²) < 4.78 is 10.4. The highest BCUT2D eigenvalue weighted by Crippen LogP contribution is 2.32. The minimum absolute atomic E-state index is 0.0376. The van der Waals surface area contributed by atoms with Gasteiger partial charge in [-0.3, -0.25) is 4.79 Å². The molecular formula is C17H20N2O3. The van der Waals surface area contributed by atoms with Gasteiger partial charge in [-0.15, -0.1) is 0 Å². The van der Waals surface area contributed by atoms with Gasteiger partial charge >= 0.3 is 0 Å². The SMILES string of the molecule is COc1cccc(CC(=O)N2CCC[C@@H]2c2cc(C)on2)c1. The molecule has 2 heterocycles. The fourth-order valence-electron chi connectivity index (χ4n) is 2.97. The van der Waals surface area contributed by atoms with Gasteiger partial charge in [-0.1, -0.05) is 17.3 Å². The summed E-state index contributed by atoms with van der Waals surface area (Å²) in [5, 5.41) is 4.08. The van der Waals surface area contributed by atoms with Crippen LogP contribution in [0.3, 0.4) is 0 Å². The molecule has 0 aliphatic carbocycles. The van der Waals surface area contributed by atoms with Gasteiger partial charge in [0.25, 0.3) is 0 Å². The summed E-state index contributed by atoms with van der Waals surface area (Å²) in [7, 11) is 1.63. The van der Waals surface area contributed by atoms with Crippen molar-refractivity contribution in [2.24, 2.45) is 0 Å². The first-order chi connectivity index (χ1) is 10.7. The van der Waals surface area contributed by atoms with Crippen LogP contribution in [0.5, 0.6) is 5.75 Å². The number of rotatable bonds is 4. The van der Waals surface area contributed by atoms with E-state index in [9.17, 15) is 4.79 Å². The molecule has 116 valence electrons. The molecule has 5 heteroatoms. The average Bonchev–Trinajstić information content (AvgIpc) is 3.15. The number of hydrogen-bond donors (Lipinski definition) is 0. The summed E-state index contributed by atoms with van der Waals surface area (Å²) in [5.41, 5.74) is 1.82. The number of amides is 1. The van der Waals surface area contributed by atoms with E-state index in [1.807, 2.05) is 42.2 Å². The molecule has 0 spiro atoms. The molecule has 0 unspecified atom stereocenters. The van der Waals surface area contributed by atoms with Gasteiger partial charge in [0.1, 0.15) is 17.2 Å². The Kier molecular flexibility index (Phi) is 4.13. The van der Waals surface area contributed by atoms with Crippen molar-refractivity contribution in [1.82, 2.24) is 10.1 Å². The van der Waals surface area contributed by atoms with E-state index in [1.165, 1.54) is 0 Å². The molecule has 0 radical (unpaired) electrons. The van der Waals surface area contributed by atoms with Crippen molar-refractivity contribution in [2.45, 2.75) is 32.2 Å². The lowest BCUT2D eigenvalue weighted by Crippen LogP contribution is -2.32. The summed E-state index contributed by atoms with van der Waals surface area (Å²) in [5.74, 6) is 1.67. The molecular weight excluding hydrogens is 280 g/mol. The topological polar surface area (TPSA) is 55.6 Å². The lowest BCUT2D eigenvalue weighted by atomic mass is 10.1. The molecule has 1 amide bonds. The molecule has 1 aromatic carbocycles. The normalized spacial score (nSPS) is 17.7. The van der Waals surface area contributed by atoms with Crippen LogP contribution in [0.2, 0.25) is 0 Å². The molecule has 3 rings (SSSR count). The number of nitrogens with zero attached hydrogens (tertiary/aromatic N) is 2. The predicted octanol–water partition coefficient (Wildman–Crippen LogP) is 2.90. The molecule has 2 aromatic rings. The van der Waals surface area contributed by atoms with Crippen LogP contribution in [-0.2, 0) is 11.2 Å². The van der Waals surface area contributed by atoms with Gasteiger partial charge in [0, 0.05) is 12.6 Å². The molecule has 1 aromatic heterocycles. The molecule has 1 atom stereocenters. The maximum absolute atomic E-state index is 12.6. The molecule has 22 heavy (non-hydrogen) atoms. The van der Waals surface area contributed by atoms with E-state index in [0.29, 0.717) is 6.42 Å². The summed E-state index contributed by atoms with van der Waals surface area (Å²) in [4.78, 5) is 14.5. The van der Waals surface area contributed by atoms with Gasteiger partial charge in [0.15, 0.2) is 0 Å². The Bertz CT molecular complexity index is 665. The molecule has 1 aliphatic rings. The number of carbonyl (C=O) groups is 1. The molecule has 1 fully saturated rings. The first kappa shape index (κ1) is 14.6. The number of ether oxygens (including phenoxy) is 1. The molecule has 0 saturated carbocycles. The van der Waals surface area contributed by atoms with Crippen molar-refractivity contribution in [3.8, 4) is 5.75 Å². The summed E-state index contributed by atoms with van der Waals surface area (Å²) in [6.07, 6.45) is 2.32. The van der Waals surface area contributed by atoms with Crippen LogP contribution < -0.4 is 4.74 Å². The van der Waals surface area contributed by atoms with Crippen molar-refractivity contribution in [1.29, 1.82) is 0 Å². The van der Waals surface area contributed by atoms with Gasteiger partial charge in [0.2, 0.25) is 5.91 Å². The van der Waals surface area contributed by atoms with Crippen molar-refractivity contribution in [3.05, 3.63) is 47.3 Å². The van der Waals surface area contributed by atoms with Crippen LogP contribution in [0.4, 0.5) is 0 Å². The monoisotopic (exact) mass is 300 g/mol. The van der Waals surface area contributed by atoms with Gasteiger partial charge in [-0.2, -0.15) is 0 Å². The van der Waals surface area contributed by atoms with E-state index in [0.717, 1.165) is 42.2 Å².